The van der Waals surface area contributed by atoms with Gasteiger partial charge in [0.05, 0.1) is 19.7 Å². The summed E-state index contributed by atoms with van der Waals surface area (Å²) in [5.41, 5.74) is 2.80. The lowest BCUT2D eigenvalue weighted by Gasteiger charge is -2.23. The summed E-state index contributed by atoms with van der Waals surface area (Å²) >= 11 is 0. The molecular formula is C35H35N5O8. The second kappa shape index (κ2) is 13.5. The minimum atomic E-state index is -0.695. The van der Waals surface area contributed by atoms with Gasteiger partial charge in [-0.2, -0.15) is 0 Å². The molecule has 4 heterocycles. The smallest absolute Gasteiger partial charge is 0.328 e. The molecule has 0 aliphatic carbocycles. The van der Waals surface area contributed by atoms with Gasteiger partial charge in [-0.3, -0.25) is 28.7 Å². The van der Waals surface area contributed by atoms with Crippen molar-refractivity contribution in [2.45, 2.75) is 39.1 Å². The largest absolute Gasteiger partial charge is 0.493 e. The van der Waals surface area contributed by atoms with Crippen LogP contribution in [0.1, 0.15) is 27.0 Å². The number of hydrogen-bond donors (Lipinski definition) is 3. The number of carbonyl (C=O) groups is 3. The molecule has 248 valence electrons. The molecule has 4 aromatic rings. The highest BCUT2D eigenvalue weighted by atomic mass is 16.5. The Hall–Kier alpha value is -5.85. The van der Waals surface area contributed by atoms with Gasteiger partial charge < -0.3 is 29.7 Å². The summed E-state index contributed by atoms with van der Waals surface area (Å²) in [4.78, 5) is 67.8. The summed E-state index contributed by atoms with van der Waals surface area (Å²) in [7, 11) is 1.49. The van der Waals surface area contributed by atoms with Gasteiger partial charge >= 0.3 is 5.69 Å². The molecule has 3 aliphatic heterocycles. The number of aromatic amines is 1. The monoisotopic (exact) mass is 653 g/mol. The van der Waals surface area contributed by atoms with Crippen molar-refractivity contribution in [2.24, 2.45) is 0 Å². The normalized spacial score (nSPS) is 17.8. The van der Waals surface area contributed by atoms with Gasteiger partial charge in [0.2, 0.25) is 5.91 Å². The standard InChI is InChI=1S/C35H35N5O8/c1-20-7-9-24-13-26(20)23-5-4-6-25(12-23)47-19-31(41)36-14-22-8-10-28(29(11-22)46-3)48-30-17-39(16-27(30)37-34(24)44)32(42)18-40-15-21(2)33(43)38-35(40)45/h4-13,15,27,30H,14,16-19H2,1-3H3,(H,36,41)(H,37,44)(H,38,43,45)/t27-,30-/m0/s1. The number of aromatic nitrogens is 2. The minimum Gasteiger partial charge on any atom is -0.493 e. The van der Waals surface area contributed by atoms with Crippen LogP contribution in [-0.2, 0) is 22.7 Å². The van der Waals surface area contributed by atoms with Crippen LogP contribution in [0.25, 0.3) is 11.1 Å². The molecule has 48 heavy (non-hydrogen) atoms. The van der Waals surface area contributed by atoms with Gasteiger partial charge in [-0.05, 0) is 72.5 Å². The van der Waals surface area contributed by atoms with E-state index in [-0.39, 0.29) is 44.6 Å². The highest BCUT2D eigenvalue weighted by molar-refractivity contribution is 5.96. The number of benzene rings is 3. The van der Waals surface area contributed by atoms with E-state index in [0.29, 0.717) is 28.4 Å². The van der Waals surface area contributed by atoms with E-state index in [4.69, 9.17) is 14.2 Å². The third kappa shape index (κ3) is 6.94. The quantitative estimate of drug-likeness (QED) is 0.302. The van der Waals surface area contributed by atoms with Crippen molar-refractivity contribution in [3.63, 3.8) is 0 Å². The molecule has 1 fully saturated rings. The van der Waals surface area contributed by atoms with Crippen molar-refractivity contribution in [3.05, 3.63) is 110 Å². The van der Waals surface area contributed by atoms with Crippen molar-refractivity contribution in [2.75, 3.05) is 26.8 Å². The summed E-state index contributed by atoms with van der Waals surface area (Å²) < 4.78 is 18.9. The number of fused-ring (bicyclic) bond motifs is 7. The van der Waals surface area contributed by atoms with Crippen LogP contribution in [0, 0.1) is 13.8 Å². The zero-order chi connectivity index (χ0) is 33.9. The first-order valence-electron chi connectivity index (χ1n) is 15.4. The number of carbonyl (C=O) groups excluding carboxylic acids is 3. The van der Waals surface area contributed by atoms with Crippen molar-refractivity contribution in [1.82, 2.24) is 25.1 Å². The van der Waals surface area contributed by atoms with Gasteiger partial charge in [-0.1, -0.05) is 24.3 Å². The molecule has 2 atom stereocenters. The first kappa shape index (κ1) is 32.1. The molecule has 0 unspecified atom stereocenters. The maximum atomic E-state index is 13.8. The fraction of sp³-hybridized carbons (Fsp3) is 0.286. The number of hydrogen-bond acceptors (Lipinski definition) is 8. The summed E-state index contributed by atoms with van der Waals surface area (Å²) in [5, 5.41) is 5.91. The van der Waals surface area contributed by atoms with Crippen molar-refractivity contribution in [3.8, 4) is 28.4 Å². The van der Waals surface area contributed by atoms with Gasteiger partial charge in [-0.25, -0.2) is 4.79 Å². The fourth-order valence-electron chi connectivity index (χ4n) is 5.78. The van der Waals surface area contributed by atoms with Crippen LogP contribution in [0.3, 0.4) is 0 Å². The Morgan fingerprint density at radius 3 is 2.60 bits per heavy atom. The van der Waals surface area contributed by atoms with E-state index in [1.165, 1.54) is 18.2 Å². The molecule has 3 amide bonds. The third-order valence-corrected chi connectivity index (χ3v) is 8.44. The summed E-state index contributed by atoms with van der Waals surface area (Å²) in [5.74, 6) is 0.230. The average Bonchev–Trinajstić information content (AvgIpc) is 3.47. The Morgan fingerprint density at radius 1 is 0.958 bits per heavy atom. The van der Waals surface area contributed by atoms with Crippen molar-refractivity contribution in [1.29, 1.82) is 0 Å². The number of aryl methyl sites for hydroxylation is 2. The second-order valence-electron chi connectivity index (χ2n) is 11.8. The van der Waals surface area contributed by atoms with Gasteiger partial charge in [0.25, 0.3) is 17.4 Å². The number of rotatable bonds is 3. The van der Waals surface area contributed by atoms with E-state index in [1.54, 1.807) is 43.3 Å². The molecule has 3 N–H and O–H groups in total. The van der Waals surface area contributed by atoms with E-state index in [1.807, 2.05) is 31.2 Å². The molecule has 13 nitrogen and oxygen atoms in total. The predicted molar refractivity (Wildman–Crippen MR) is 175 cm³/mol. The predicted octanol–water partition coefficient (Wildman–Crippen LogP) is 1.93. The molecule has 7 rings (SSSR count). The maximum Gasteiger partial charge on any atom is 0.328 e. The van der Waals surface area contributed by atoms with Crippen LogP contribution in [0.15, 0.2) is 76.4 Å². The maximum absolute atomic E-state index is 13.8. The first-order valence-corrected chi connectivity index (χ1v) is 15.4. The lowest BCUT2D eigenvalue weighted by molar-refractivity contribution is -0.131. The molecular weight excluding hydrogens is 618 g/mol. The number of H-pyrrole nitrogens is 1. The van der Waals surface area contributed by atoms with E-state index >= 15 is 0 Å². The molecule has 3 aliphatic rings. The highest BCUT2D eigenvalue weighted by Crippen LogP contribution is 2.32. The van der Waals surface area contributed by atoms with Gasteiger partial charge in [0.1, 0.15) is 18.4 Å². The van der Waals surface area contributed by atoms with E-state index in [0.717, 1.165) is 26.8 Å². The summed E-state index contributed by atoms with van der Waals surface area (Å²) in [6, 6.07) is 17.3. The lowest BCUT2D eigenvalue weighted by Crippen LogP contribution is -2.45. The van der Waals surface area contributed by atoms with E-state index < -0.39 is 29.3 Å². The Balaban J connectivity index is 1.34. The number of amides is 3. The van der Waals surface area contributed by atoms with Gasteiger partial charge in [0.15, 0.2) is 18.1 Å². The summed E-state index contributed by atoms with van der Waals surface area (Å²) in [6.07, 6.45) is 0.658. The lowest BCUT2D eigenvalue weighted by atomic mass is 9.97. The SMILES string of the molecule is COc1cc2ccc1O[C@H]1CN(C(=O)Cn3cc(C)c(=O)[nH]c3=O)C[C@@H]1NC(=O)c1ccc(C)c(c1)-c1cccc(c1)OCC(=O)NC2. The van der Waals surface area contributed by atoms with Gasteiger partial charge in [0, 0.05) is 30.4 Å². The van der Waals surface area contributed by atoms with Crippen molar-refractivity contribution >= 4 is 17.7 Å². The number of likely N-dealkylation sites (tertiary alicyclic amines) is 1. The zero-order valence-electron chi connectivity index (χ0n) is 26.7. The Labute approximate surface area is 275 Å². The number of nitrogens with one attached hydrogen (secondary N) is 3. The number of methoxy groups -OCH3 is 1. The highest BCUT2D eigenvalue weighted by Gasteiger charge is 2.38. The molecule has 6 bridgehead atoms. The first-order chi connectivity index (χ1) is 23.1. The van der Waals surface area contributed by atoms with Crippen LogP contribution in [0.4, 0.5) is 0 Å². The van der Waals surface area contributed by atoms with E-state index in [9.17, 15) is 24.0 Å². The Morgan fingerprint density at radius 2 is 1.79 bits per heavy atom. The molecule has 3 aromatic carbocycles. The van der Waals surface area contributed by atoms with Crippen LogP contribution in [0.5, 0.6) is 17.2 Å². The average molecular weight is 654 g/mol. The molecule has 1 saturated heterocycles. The van der Waals surface area contributed by atoms with Crippen molar-refractivity contribution < 1.29 is 28.6 Å². The Kier molecular flexibility index (Phi) is 9.02. The molecule has 13 heteroatoms. The Bertz CT molecular complexity index is 2020. The van der Waals surface area contributed by atoms with E-state index in [2.05, 4.69) is 15.6 Å². The zero-order valence-corrected chi connectivity index (χ0v) is 26.7. The minimum absolute atomic E-state index is 0.105. The summed E-state index contributed by atoms with van der Waals surface area (Å²) in [6.45, 7) is 3.43. The molecule has 0 radical (unpaired) electrons. The number of nitrogens with zero attached hydrogens (tertiary/aromatic N) is 2. The molecule has 0 saturated carbocycles. The van der Waals surface area contributed by atoms with Gasteiger partial charge in [-0.15, -0.1) is 0 Å². The number of ether oxygens (including phenoxy) is 3. The van der Waals surface area contributed by atoms with Crippen LogP contribution < -0.4 is 36.1 Å². The third-order valence-electron chi connectivity index (χ3n) is 8.44. The van der Waals surface area contributed by atoms with Crippen LogP contribution in [-0.4, -0.2) is 71.1 Å². The van der Waals surface area contributed by atoms with Crippen LogP contribution >= 0.6 is 0 Å². The topological polar surface area (TPSA) is 161 Å². The molecule has 0 spiro atoms. The van der Waals surface area contributed by atoms with Crippen LogP contribution in [0.2, 0.25) is 0 Å². The molecule has 1 aromatic heterocycles. The second-order valence-corrected chi connectivity index (χ2v) is 11.8. The fourth-order valence-corrected chi connectivity index (χ4v) is 5.78.